The molecular weight excluding hydrogens is 282 g/mol. The number of aromatic nitrogens is 2. The summed E-state index contributed by atoms with van der Waals surface area (Å²) in [5, 5.41) is 3.43. The Hall–Kier alpha value is -0.880. The van der Waals surface area contributed by atoms with Crippen LogP contribution in [0, 0.1) is 5.92 Å². The number of anilines is 2. The largest absolute Gasteiger partial charge is 0.366 e. The number of hydrogen-bond donors (Lipinski definition) is 3. The van der Waals surface area contributed by atoms with E-state index >= 15 is 0 Å². The zero-order valence-electron chi connectivity index (χ0n) is 9.91. The van der Waals surface area contributed by atoms with Gasteiger partial charge in [0.2, 0.25) is 5.95 Å². The molecule has 4 N–H and O–H groups in total. The van der Waals surface area contributed by atoms with E-state index in [-0.39, 0.29) is 0 Å². The van der Waals surface area contributed by atoms with Gasteiger partial charge in [0.15, 0.2) is 0 Å². The number of nitrogens with zero attached hydrogens (tertiary/aromatic N) is 2. The summed E-state index contributed by atoms with van der Waals surface area (Å²) in [6, 6.07) is 0.425. The predicted octanol–water partition coefficient (Wildman–Crippen LogP) is 2.52. The van der Waals surface area contributed by atoms with Crippen molar-refractivity contribution in [3.63, 3.8) is 0 Å². The van der Waals surface area contributed by atoms with Gasteiger partial charge in [0, 0.05) is 12.2 Å². The maximum absolute atomic E-state index is 5.30. The number of hydrazine groups is 1. The molecule has 0 spiro atoms. The van der Waals surface area contributed by atoms with Gasteiger partial charge < -0.3 is 5.32 Å². The smallest absolute Gasteiger partial charge is 0.239 e. The van der Waals surface area contributed by atoms with Gasteiger partial charge in [0.05, 0.1) is 4.47 Å². The van der Waals surface area contributed by atoms with Gasteiger partial charge in [-0.1, -0.05) is 12.8 Å². The average Bonchev–Trinajstić information content (AvgIpc) is 2.85. The van der Waals surface area contributed by atoms with Crippen molar-refractivity contribution in [2.75, 3.05) is 10.7 Å². The first-order valence-corrected chi connectivity index (χ1v) is 6.75. The highest BCUT2D eigenvalue weighted by Crippen LogP contribution is 2.30. The Bertz CT molecular complexity index is 378. The van der Waals surface area contributed by atoms with Gasteiger partial charge in [-0.2, -0.15) is 4.98 Å². The van der Waals surface area contributed by atoms with Crippen molar-refractivity contribution < 1.29 is 0 Å². The third-order valence-corrected chi connectivity index (χ3v) is 3.92. The summed E-state index contributed by atoms with van der Waals surface area (Å²) in [5.41, 5.74) is 2.45. The molecule has 1 heterocycles. The van der Waals surface area contributed by atoms with Crippen molar-refractivity contribution in [3.05, 3.63) is 10.7 Å². The molecule has 1 aliphatic carbocycles. The van der Waals surface area contributed by atoms with Gasteiger partial charge >= 0.3 is 0 Å². The molecule has 0 aromatic carbocycles. The minimum Gasteiger partial charge on any atom is -0.366 e. The van der Waals surface area contributed by atoms with Gasteiger partial charge in [0.1, 0.15) is 5.82 Å². The molecule has 0 bridgehead atoms. The third-order valence-electron chi connectivity index (χ3n) is 3.34. The molecule has 0 saturated heterocycles. The Morgan fingerprint density at radius 1 is 1.47 bits per heavy atom. The van der Waals surface area contributed by atoms with E-state index in [2.05, 4.69) is 43.6 Å². The number of nitrogens with two attached hydrogens (primary N) is 1. The molecule has 1 unspecified atom stereocenters. The highest BCUT2D eigenvalue weighted by atomic mass is 79.9. The van der Waals surface area contributed by atoms with Crippen LogP contribution in [-0.2, 0) is 0 Å². The molecule has 0 aliphatic heterocycles. The van der Waals surface area contributed by atoms with E-state index in [4.69, 9.17) is 5.84 Å². The van der Waals surface area contributed by atoms with Crippen LogP contribution in [0.25, 0.3) is 0 Å². The standard InChI is InChI=1S/C11H18BrN5/c1-7(8-4-2-3-5-8)15-10-9(12)6-14-11(16-10)17-13/h6-8H,2-5,13H2,1H3,(H2,14,15,16,17). The number of rotatable bonds is 4. The van der Waals surface area contributed by atoms with E-state index in [0.29, 0.717) is 12.0 Å². The van der Waals surface area contributed by atoms with Crippen LogP contribution in [0.2, 0.25) is 0 Å². The fourth-order valence-corrected chi connectivity index (χ4v) is 2.63. The predicted molar refractivity (Wildman–Crippen MR) is 72.6 cm³/mol. The van der Waals surface area contributed by atoms with E-state index in [0.717, 1.165) is 16.2 Å². The molecule has 6 heteroatoms. The number of hydrogen-bond acceptors (Lipinski definition) is 5. The number of halogens is 1. The van der Waals surface area contributed by atoms with E-state index in [1.165, 1.54) is 25.7 Å². The van der Waals surface area contributed by atoms with E-state index in [9.17, 15) is 0 Å². The summed E-state index contributed by atoms with van der Waals surface area (Å²) >= 11 is 3.44. The molecule has 1 aliphatic rings. The minimum absolute atomic E-state index is 0.425. The summed E-state index contributed by atoms with van der Waals surface area (Å²) in [4.78, 5) is 8.33. The third kappa shape index (κ3) is 3.07. The van der Waals surface area contributed by atoms with Gasteiger partial charge in [0.25, 0.3) is 0 Å². The van der Waals surface area contributed by atoms with Crippen molar-refractivity contribution >= 4 is 27.7 Å². The maximum atomic E-state index is 5.30. The van der Waals surface area contributed by atoms with Crippen LogP contribution in [0.4, 0.5) is 11.8 Å². The van der Waals surface area contributed by atoms with Crippen LogP contribution < -0.4 is 16.6 Å². The lowest BCUT2D eigenvalue weighted by Gasteiger charge is -2.21. The Kier molecular flexibility index (Phi) is 4.17. The lowest BCUT2D eigenvalue weighted by molar-refractivity contribution is 0.481. The molecule has 5 nitrogen and oxygen atoms in total. The summed E-state index contributed by atoms with van der Waals surface area (Å²) in [6.45, 7) is 2.21. The van der Waals surface area contributed by atoms with Gasteiger partial charge in [-0.15, -0.1) is 0 Å². The molecule has 1 fully saturated rings. The topological polar surface area (TPSA) is 75.9 Å². The molecule has 1 atom stereocenters. The second-order valence-corrected chi connectivity index (χ2v) is 5.37. The lowest BCUT2D eigenvalue weighted by Crippen LogP contribution is -2.25. The zero-order chi connectivity index (χ0) is 12.3. The highest BCUT2D eigenvalue weighted by Gasteiger charge is 2.22. The zero-order valence-corrected chi connectivity index (χ0v) is 11.5. The quantitative estimate of drug-likeness (QED) is 0.588. The SMILES string of the molecule is CC(Nc1nc(NN)ncc1Br)C1CCCC1. The van der Waals surface area contributed by atoms with Crippen LogP contribution in [0.15, 0.2) is 10.7 Å². The van der Waals surface area contributed by atoms with Gasteiger partial charge in [-0.25, -0.2) is 10.8 Å². The van der Waals surface area contributed by atoms with Gasteiger partial charge in [-0.3, -0.25) is 5.43 Å². The fourth-order valence-electron chi connectivity index (χ4n) is 2.33. The highest BCUT2D eigenvalue weighted by molar-refractivity contribution is 9.10. The number of nitrogen functional groups attached to an aromatic ring is 1. The fraction of sp³-hybridized carbons (Fsp3) is 0.636. The molecule has 1 saturated carbocycles. The average molecular weight is 300 g/mol. The molecule has 0 amide bonds. The Morgan fingerprint density at radius 2 is 2.18 bits per heavy atom. The Morgan fingerprint density at radius 3 is 2.82 bits per heavy atom. The Balaban J connectivity index is 2.06. The van der Waals surface area contributed by atoms with Crippen molar-refractivity contribution in [2.24, 2.45) is 11.8 Å². The van der Waals surface area contributed by atoms with Crippen molar-refractivity contribution in [2.45, 2.75) is 38.6 Å². The van der Waals surface area contributed by atoms with Crippen LogP contribution in [0.5, 0.6) is 0 Å². The minimum atomic E-state index is 0.425. The first-order valence-electron chi connectivity index (χ1n) is 5.96. The molecule has 17 heavy (non-hydrogen) atoms. The summed E-state index contributed by atoms with van der Waals surface area (Å²) in [7, 11) is 0. The molecule has 1 aromatic heterocycles. The van der Waals surface area contributed by atoms with E-state index < -0.39 is 0 Å². The van der Waals surface area contributed by atoms with Gasteiger partial charge in [-0.05, 0) is 41.6 Å². The second kappa shape index (κ2) is 5.64. The van der Waals surface area contributed by atoms with Crippen LogP contribution in [-0.4, -0.2) is 16.0 Å². The van der Waals surface area contributed by atoms with Crippen molar-refractivity contribution in [1.29, 1.82) is 0 Å². The maximum Gasteiger partial charge on any atom is 0.239 e. The molecule has 94 valence electrons. The number of nitrogens with one attached hydrogen (secondary N) is 2. The van der Waals surface area contributed by atoms with Crippen molar-refractivity contribution in [3.8, 4) is 0 Å². The van der Waals surface area contributed by atoms with Crippen LogP contribution in [0.1, 0.15) is 32.6 Å². The lowest BCUT2D eigenvalue weighted by atomic mass is 10.00. The molecular formula is C11H18BrN5. The molecule has 2 rings (SSSR count). The van der Waals surface area contributed by atoms with E-state index in [1.807, 2.05) is 0 Å². The normalized spacial score (nSPS) is 18.1. The summed E-state index contributed by atoms with van der Waals surface area (Å²) in [6.07, 6.45) is 7.00. The van der Waals surface area contributed by atoms with Crippen molar-refractivity contribution in [1.82, 2.24) is 9.97 Å². The van der Waals surface area contributed by atoms with E-state index in [1.54, 1.807) is 6.20 Å². The van der Waals surface area contributed by atoms with Crippen LogP contribution >= 0.6 is 15.9 Å². The summed E-state index contributed by atoms with van der Waals surface area (Å²) < 4.78 is 0.862. The summed E-state index contributed by atoms with van der Waals surface area (Å²) in [5.74, 6) is 7.27. The Labute approximate surface area is 110 Å². The van der Waals surface area contributed by atoms with Crippen LogP contribution in [0.3, 0.4) is 0 Å². The molecule has 1 aromatic rings. The first-order chi connectivity index (χ1) is 8.20. The first kappa shape index (κ1) is 12.6. The monoisotopic (exact) mass is 299 g/mol. The second-order valence-electron chi connectivity index (χ2n) is 4.51. The molecule has 0 radical (unpaired) electrons.